The minimum Gasteiger partial charge on any atom is -0.384 e. The van der Waals surface area contributed by atoms with E-state index in [9.17, 15) is 5.11 Å². The van der Waals surface area contributed by atoms with E-state index in [0.29, 0.717) is 0 Å². The molecule has 1 heterocycles. The Kier molecular flexibility index (Phi) is 3.75. The molecule has 1 atom stereocenters. The van der Waals surface area contributed by atoms with Gasteiger partial charge in [-0.1, -0.05) is 37.6 Å². The SMILES string of the molecule is CCCc1ccc(C(O)c2ccsc2)cc1. The van der Waals surface area contributed by atoms with E-state index in [1.54, 1.807) is 11.3 Å². The zero-order chi connectivity index (χ0) is 11.4. The first-order chi connectivity index (χ1) is 7.81. The molecule has 1 aromatic carbocycles. The fourth-order valence-corrected chi connectivity index (χ4v) is 2.46. The summed E-state index contributed by atoms with van der Waals surface area (Å²) in [5.74, 6) is 0. The molecule has 1 unspecified atom stereocenters. The molecule has 16 heavy (non-hydrogen) atoms. The van der Waals surface area contributed by atoms with Crippen LogP contribution in [0.2, 0.25) is 0 Å². The van der Waals surface area contributed by atoms with Gasteiger partial charge < -0.3 is 5.11 Å². The highest BCUT2D eigenvalue weighted by Crippen LogP contribution is 2.24. The van der Waals surface area contributed by atoms with Crippen molar-refractivity contribution in [3.63, 3.8) is 0 Å². The first-order valence-electron chi connectivity index (χ1n) is 5.60. The van der Waals surface area contributed by atoms with Crippen LogP contribution in [-0.4, -0.2) is 5.11 Å². The fraction of sp³-hybridized carbons (Fsp3) is 0.286. The molecule has 0 aliphatic rings. The van der Waals surface area contributed by atoms with Crippen LogP contribution < -0.4 is 0 Å². The van der Waals surface area contributed by atoms with Crippen LogP contribution in [0.1, 0.15) is 36.1 Å². The van der Waals surface area contributed by atoms with Gasteiger partial charge in [-0.05, 0) is 39.9 Å². The predicted molar refractivity (Wildman–Crippen MR) is 68.8 cm³/mol. The Morgan fingerprint density at radius 1 is 1.12 bits per heavy atom. The van der Waals surface area contributed by atoms with E-state index in [0.717, 1.165) is 24.0 Å². The van der Waals surface area contributed by atoms with Crippen molar-refractivity contribution in [1.82, 2.24) is 0 Å². The lowest BCUT2D eigenvalue weighted by Gasteiger charge is -2.09. The first kappa shape index (κ1) is 11.4. The van der Waals surface area contributed by atoms with E-state index in [1.165, 1.54) is 5.56 Å². The Morgan fingerprint density at radius 2 is 1.88 bits per heavy atom. The molecule has 0 fully saturated rings. The lowest BCUT2D eigenvalue weighted by Crippen LogP contribution is -1.97. The second-order valence-electron chi connectivity index (χ2n) is 3.95. The minimum absolute atomic E-state index is 0.484. The van der Waals surface area contributed by atoms with E-state index in [2.05, 4.69) is 19.1 Å². The minimum atomic E-state index is -0.484. The molecule has 1 aromatic heterocycles. The van der Waals surface area contributed by atoms with Crippen LogP contribution >= 0.6 is 11.3 Å². The van der Waals surface area contributed by atoms with Gasteiger partial charge in [0.15, 0.2) is 0 Å². The molecule has 2 rings (SSSR count). The van der Waals surface area contributed by atoms with Gasteiger partial charge in [-0.2, -0.15) is 11.3 Å². The maximum Gasteiger partial charge on any atom is 0.105 e. The Hall–Kier alpha value is -1.12. The second-order valence-corrected chi connectivity index (χ2v) is 4.73. The molecule has 0 amide bonds. The maximum atomic E-state index is 10.1. The van der Waals surface area contributed by atoms with Gasteiger partial charge >= 0.3 is 0 Å². The summed E-state index contributed by atoms with van der Waals surface area (Å²) in [7, 11) is 0. The molecule has 0 spiro atoms. The van der Waals surface area contributed by atoms with Crippen LogP contribution in [0.4, 0.5) is 0 Å². The van der Waals surface area contributed by atoms with Gasteiger partial charge in [0.25, 0.3) is 0 Å². The number of aliphatic hydroxyl groups excluding tert-OH is 1. The van der Waals surface area contributed by atoms with Crippen molar-refractivity contribution < 1.29 is 5.11 Å². The molecular weight excluding hydrogens is 216 g/mol. The molecule has 0 radical (unpaired) electrons. The van der Waals surface area contributed by atoms with Crippen molar-refractivity contribution in [3.8, 4) is 0 Å². The molecule has 0 aliphatic heterocycles. The van der Waals surface area contributed by atoms with Gasteiger partial charge in [-0.15, -0.1) is 0 Å². The van der Waals surface area contributed by atoms with Gasteiger partial charge in [-0.3, -0.25) is 0 Å². The third-order valence-electron chi connectivity index (χ3n) is 2.69. The van der Waals surface area contributed by atoms with Crippen LogP contribution in [0, 0.1) is 0 Å². The Morgan fingerprint density at radius 3 is 2.44 bits per heavy atom. The highest BCUT2D eigenvalue weighted by Gasteiger charge is 2.09. The van der Waals surface area contributed by atoms with Gasteiger partial charge in [-0.25, -0.2) is 0 Å². The third kappa shape index (κ3) is 2.52. The predicted octanol–water partition coefficient (Wildman–Crippen LogP) is 3.78. The number of aliphatic hydroxyl groups is 1. The molecule has 2 heteroatoms. The summed E-state index contributed by atoms with van der Waals surface area (Å²) in [5.41, 5.74) is 3.29. The number of hydrogen-bond donors (Lipinski definition) is 1. The number of thiophene rings is 1. The smallest absolute Gasteiger partial charge is 0.105 e. The third-order valence-corrected chi connectivity index (χ3v) is 3.39. The monoisotopic (exact) mass is 232 g/mol. The van der Waals surface area contributed by atoms with E-state index >= 15 is 0 Å². The van der Waals surface area contributed by atoms with Crippen molar-refractivity contribution in [1.29, 1.82) is 0 Å². The lowest BCUT2D eigenvalue weighted by atomic mass is 10.0. The summed E-state index contributed by atoms with van der Waals surface area (Å²) in [4.78, 5) is 0. The van der Waals surface area contributed by atoms with E-state index in [4.69, 9.17) is 0 Å². The molecule has 0 saturated heterocycles. The summed E-state index contributed by atoms with van der Waals surface area (Å²) < 4.78 is 0. The lowest BCUT2D eigenvalue weighted by molar-refractivity contribution is 0.221. The van der Waals surface area contributed by atoms with Crippen molar-refractivity contribution in [2.75, 3.05) is 0 Å². The number of aryl methyl sites for hydroxylation is 1. The van der Waals surface area contributed by atoms with Crippen molar-refractivity contribution in [2.45, 2.75) is 25.9 Å². The highest BCUT2D eigenvalue weighted by atomic mass is 32.1. The molecular formula is C14H16OS. The Bertz CT molecular complexity index is 417. The van der Waals surface area contributed by atoms with Crippen LogP contribution in [0.15, 0.2) is 41.1 Å². The van der Waals surface area contributed by atoms with E-state index < -0.39 is 6.10 Å². The number of benzene rings is 1. The highest BCUT2D eigenvalue weighted by molar-refractivity contribution is 7.07. The maximum absolute atomic E-state index is 10.1. The quantitative estimate of drug-likeness (QED) is 0.850. The fourth-order valence-electron chi connectivity index (χ4n) is 1.78. The van der Waals surface area contributed by atoms with Gasteiger partial charge in [0.05, 0.1) is 0 Å². The largest absolute Gasteiger partial charge is 0.384 e. The normalized spacial score (nSPS) is 12.6. The number of rotatable bonds is 4. The van der Waals surface area contributed by atoms with Crippen LogP contribution in [0.3, 0.4) is 0 Å². The van der Waals surface area contributed by atoms with Crippen molar-refractivity contribution in [3.05, 3.63) is 57.8 Å². The zero-order valence-electron chi connectivity index (χ0n) is 9.39. The average molecular weight is 232 g/mol. The summed E-state index contributed by atoms with van der Waals surface area (Å²) in [6.45, 7) is 2.17. The van der Waals surface area contributed by atoms with Crippen molar-refractivity contribution >= 4 is 11.3 Å². The topological polar surface area (TPSA) is 20.2 Å². The molecule has 0 saturated carbocycles. The van der Waals surface area contributed by atoms with Crippen LogP contribution in [0.25, 0.3) is 0 Å². The zero-order valence-corrected chi connectivity index (χ0v) is 10.2. The van der Waals surface area contributed by atoms with Gasteiger partial charge in [0.2, 0.25) is 0 Å². The molecule has 2 aromatic rings. The Labute approximate surface area is 100 Å². The Balaban J connectivity index is 2.15. The number of hydrogen-bond acceptors (Lipinski definition) is 2. The van der Waals surface area contributed by atoms with Crippen LogP contribution in [0.5, 0.6) is 0 Å². The molecule has 1 nitrogen and oxygen atoms in total. The average Bonchev–Trinajstić information content (AvgIpc) is 2.83. The second kappa shape index (κ2) is 5.28. The van der Waals surface area contributed by atoms with E-state index in [1.807, 2.05) is 29.0 Å². The van der Waals surface area contributed by atoms with Crippen LogP contribution in [-0.2, 0) is 6.42 Å². The first-order valence-corrected chi connectivity index (χ1v) is 6.54. The summed E-state index contributed by atoms with van der Waals surface area (Å²) in [6.07, 6.45) is 1.78. The summed E-state index contributed by atoms with van der Waals surface area (Å²) in [5, 5.41) is 14.1. The summed E-state index contributed by atoms with van der Waals surface area (Å²) in [6, 6.07) is 10.2. The summed E-state index contributed by atoms with van der Waals surface area (Å²) >= 11 is 1.61. The molecule has 0 bridgehead atoms. The molecule has 84 valence electrons. The standard InChI is InChI=1S/C14H16OS/c1-2-3-11-4-6-12(7-5-11)14(15)13-8-9-16-10-13/h4-10,14-15H,2-3H2,1H3. The molecule has 1 N–H and O–H groups in total. The van der Waals surface area contributed by atoms with Gasteiger partial charge in [0.1, 0.15) is 6.10 Å². The van der Waals surface area contributed by atoms with Crippen molar-refractivity contribution in [2.24, 2.45) is 0 Å². The van der Waals surface area contributed by atoms with E-state index in [-0.39, 0.29) is 0 Å². The molecule has 0 aliphatic carbocycles. The van der Waals surface area contributed by atoms with Gasteiger partial charge in [0, 0.05) is 0 Å².